The number of carbonyl (C=O) groups is 2. The Kier molecular flexibility index (Phi) is 3.42. The lowest BCUT2D eigenvalue weighted by Gasteiger charge is -1.95. The molecule has 0 aliphatic heterocycles. The maximum atomic E-state index is 10.8. The van der Waals surface area contributed by atoms with Crippen LogP contribution >= 0.6 is 0 Å². The van der Waals surface area contributed by atoms with E-state index < -0.39 is 11.8 Å². The molecule has 0 unspecified atom stereocenters. The average molecular weight is 195 g/mol. The van der Waals surface area contributed by atoms with E-state index in [-0.39, 0.29) is 0 Å². The minimum absolute atomic E-state index is 0.488. The van der Waals surface area contributed by atoms with Crippen molar-refractivity contribution in [2.75, 3.05) is 7.05 Å². The number of carbonyl (C=O) groups excluding carboxylic acids is 2. The zero-order valence-corrected chi connectivity index (χ0v) is 7.48. The molecule has 1 aromatic heterocycles. The minimum atomic E-state index is -0.824. The first-order chi connectivity index (χ1) is 6.74. The molecule has 6 nitrogen and oxygen atoms in total. The van der Waals surface area contributed by atoms with Crippen molar-refractivity contribution in [3.05, 3.63) is 24.2 Å². The van der Waals surface area contributed by atoms with Gasteiger partial charge in [-0.1, -0.05) is 0 Å². The van der Waals surface area contributed by atoms with Crippen molar-refractivity contribution in [1.29, 1.82) is 0 Å². The Hall–Kier alpha value is -2.11. The van der Waals surface area contributed by atoms with Gasteiger partial charge in [-0.3, -0.25) is 9.59 Å². The second-order valence-electron chi connectivity index (χ2n) is 2.29. The van der Waals surface area contributed by atoms with E-state index in [1.807, 2.05) is 5.43 Å². The molecule has 0 fully saturated rings. The van der Waals surface area contributed by atoms with E-state index in [1.54, 1.807) is 12.1 Å². The summed E-state index contributed by atoms with van der Waals surface area (Å²) >= 11 is 0. The molecule has 14 heavy (non-hydrogen) atoms. The highest BCUT2D eigenvalue weighted by Crippen LogP contribution is 1.94. The van der Waals surface area contributed by atoms with E-state index >= 15 is 0 Å². The molecule has 2 amide bonds. The molecular formula is C8H9N3O3. The van der Waals surface area contributed by atoms with Gasteiger partial charge in [-0.15, -0.1) is 0 Å². The Labute approximate surface area is 80.0 Å². The molecule has 0 aromatic carbocycles. The molecule has 1 rings (SSSR count). The Morgan fingerprint density at radius 1 is 1.50 bits per heavy atom. The summed E-state index contributed by atoms with van der Waals surface area (Å²) in [6, 6.07) is 3.34. The van der Waals surface area contributed by atoms with Crippen LogP contribution in [-0.4, -0.2) is 25.1 Å². The Morgan fingerprint density at radius 3 is 2.86 bits per heavy atom. The third kappa shape index (κ3) is 2.74. The van der Waals surface area contributed by atoms with Crippen molar-refractivity contribution >= 4 is 18.0 Å². The highest BCUT2D eigenvalue weighted by Gasteiger charge is 2.08. The van der Waals surface area contributed by atoms with Gasteiger partial charge in [0.2, 0.25) is 0 Å². The summed E-state index contributed by atoms with van der Waals surface area (Å²) in [5, 5.41) is 5.66. The lowest BCUT2D eigenvalue weighted by Crippen LogP contribution is -2.35. The van der Waals surface area contributed by atoms with Gasteiger partial charge in [0.05, 0.1) is 12.5 Å². The molecule has 0 bridgehead atoms. The summed E-state index contributed by atoms with van der Waals surface area (Å²) in [4.78, 5) is 21.5. The molecule has 6 heteroatoms. The smallest absolute Gasteiger partial charge is 0.329 e. The predicted octanol–water partition coefficient (Wildman–Crippen LogP) is -0.524. The van der Waals surface area contributed by atoms with E-state index in [1.165, 1.54) is 19.5 Å². The van der Waals surface area contributed by atoms with Crippen LogP contribution in [0.1, 0.15) is 5.76 Å². The number of furan rings is 1. The number of hydrazone groups is 1. The van der Waals surface area contributed by atoms with Gasteiger partial charge in [0.25, 0.3) is 0 Å². The summed E-state index contributed by atoms with van der Waals surface area (Å²) in [6.45, 7) is 0. The molecule has 0 spiro atoms. The summed E-state index contributed by atoms with van der Waals surface area (Å²) in [7, 11) is 1.36. The first-order valence-electron chi connectivity index (χ1n) is 3.82. The maximum Gasteiger partial charge on any atom is 0.329 e. The third-order valence-corrected chi connectivity index (χ3v) is 1.33. The number of hydrogen-bond acceptors (Lipinski definition) is 4. The van der Waals surface area contributed by atoms with Crippen molar-refractivity contribution in [2.24, 2.45) is 5.10 Å². The summed E-state index contributed by atoms with van der Waals surface area (Å²) < 4.78 is 4.90. The van der Waals surface area contributed by atoms with Crippen LogP contribution in [0, 0.1) is 0 Å². The summed E-state index contributed by atoms with van der Waals surface area (Å²) in [6.07, 6.45) is 2.77. The monoisotopic (exact) mass is 195 g/mol. The largest absolute Gasteiger partial charge is 0.463 e. The van der Waals surface area contributed by atoms with Gasteiger partial charge in [-0.05, 0) is 12.1 Å². The van der Waals surface area contributed by atoms with Crippen LogP contribution < -0.4 is 10.7 Å². The summed E-state index contributed by atoms with van der Waals surface area (Å²) in [5.41, 5.74) is 2.03. The van der Waals surface area contributed by atoms with Gasteiger partial charge in [0, 0.05) is 7.05 Å². The van der Waals surface area contributed by atoms with Crippen LogP contribution in [0.4, 0.5) is 0 Å². The highest BCUT2D eigenvalue weighted by molar-refractivity contribution is 6.34. The number of amides is 2. The van der Waals surface area contributed by atoms with Gasteiger partial charge < -0.3 is 9.73 Å². The van der Waals surface area contributed by atoms with Crippen LogP contribution in [0.25, 0.3) is 0 Å². The predicted molar refractivity (Wildman–Crippen MR) is 48.5 cm³/mol. The molecule has 0 saturated carbocycles. The van der Waals surface area contributed by atoms with E-state index in [9.17, 15) is 9.59 Å². The first-order valence-corrected chi connectivity index (χ1v) is 3.82. The fraction of sp³-hybridized carbons (Fsp3) is 0.125. The van der Waals surface area contributed by atoms with Gasteiger partial charge in [-0.25, -0.2) is 5.43 Å². The number of likely N-dealkylation sites (N-methyl/N-ethyl adjacent to an activating group) is 1. The second kappa shape index (κ2) is 4.80. The van der Waals surface area contributed by atoms with Crippen molar-refractivity contribution < 1.29 is 14.0 Å². The summed E-state index contributed by atoms with van der Waals surface area (Å²) in [5.74, 6) is -1.08. The topological polar surface area (TPSA) is 83.7 Å². The fourth-order valence-electron chi connectivity index (χ4n) is 0.684. The molecule has 0 aliphatic carbocycles. The minimum Gasteiger partial charge on any atom is -0.463 e. The molecule has 0 radical (unpaired) electrons. The van der Waals surface area contributed by atoms with Gasteiger partial charge >= 0.3 is 11.8 Å². The first kappa shape index (κ1) is 9.97. The van der Waals surface area contributed by atoms with Crippen molar-refractivity contribution in [3.63, 3.8) is 0 Å². The van der Waals surface area contributed by atoms with Crippen molar-refractivity contribution in [3.8, 4) is 0 Å². The number of hydrogen-bond donors (Lipinski definition) is 2. The molecule has 0 saturated heterocycles. The van der Waals surface area contributed by atoms with Gasteiger partial charge in [0.1, 0.15) is 5.76 Å². The lowest BCUT2D eigenvalue weighted by atomic mass is 10.5. The molecule has 1 aromatic rings. The zero-order valence-electron chi connectivity index (χ0n) is 7.48. The van der Waals surface area contributed by atoms with Crippen molar-refractivity contribution in [2.45, 2.75) is 0 Å². The van der Waals surface area contributed by atoms with Gasteiger partial charge in [0.15, 0.2) is 0 Å². The van der Waals surface area contributed by atoms with Crippen molar-refractivity contribution in [1.82, 2.24) is 10.7 Å². The molecule has 1 heterocycles. The Morgan fingerprint density at radius 2 is 2.29 bits per heavy atom. The number of rotatable bonds is 2. The Balaban J connectivity index is 2.41. The van der Waals surface area contributed by atoms with E-state index in [4.69, 9.17) is 4.42 Å². The van der Waals surface area contributed by atoms with Crippen LogP contribution in [0.5, 0.6) is 0 Å². The molecule has 74 valence electrons. The molecular weight excluding hydrogens is 186 g/mol. The lowest BCUT2D eigenvalue weighted by molar-refractivity contribution is -0.138. The standard InChI is InChI=1S/C8H9N3O3/c1-9-7(12)8(13)11-10-5-6-3-2-4-14-6/h2-5H,1H3,(H,9,12)(H,11,13). The molecule has 0 aliphatic rings. The average Bonchev–Trinajstić information content (AvgIpc) is 2.69. The number of nitrogens with one attached hydrogen (secondary N) is 2. The van der Waals surface area contributed by atoms with E-state index in [2.05, 4.69) is 10.4 Å². The molecule has 2 N–H and O–H groups in total. The number of nitrogens with zero attached hydrogens (tertiary/aromatic N) is 1. The SMILES string of the molecule is CNC(=O)C(=O)NN=Cc1ccco1. The second-order valence-corrected chi connectivity index (χ2v) is 2.29. The van der Waals surface area contributed by atoms with E-state index in [0.717, 1.165) is 0 Å². The zero-order chi connectivity index (χ0) is 10.4. The fourth-order valence-corrected chi connectivity index (χ4v) is 0.684. The maximum absolute atomic E-state index is 10.8. The van der Waals surface area contributed by atoms with Gasteiger partial charge in [-0.2, -0.15) is 5.10 Å². The quantitative estimate of drug-likeness (QED) is 0.378. The van der Waals surface area contributed by atoms with Crippen LogP contribution in [0.2, 0.25) is 0 Å². The van der Waals surface area contributed by atoms with E-state index in [0.29, 0.717) is 5.76 Å². The molecule has 0 atom stereocenters. The highest BCUT2D eigenvalue weighted by atomic mass is 16.3. The van der Waals surface area contributed by atoms with Crippen LogP contribution in [0.15, 0.2) is 27.9 Å². The van der Waals surface area contributed by atoms with Crippen LogP contribution in [0.3, 0.4) is 0 Å². The Bertz CT molecular complexity index is 343. The third-order valence-electron chi connectivity index (χ3n) is 1.33. The van der Waals surface area contributed by atoms with Crippen LogP contribution in [-0.2, 0) is 9.59 Å². The normalized spacial score (nSPS) is 10.1.